The number of carboxylic acid groups (broad SMARTS) is 1. The summed E-state index contributed by atoms with van der Waals surface area (Å²) >= 11 is 0. The minimum atomic E-state index is -1.09. The fraction of sp³-hybridized carbons (Fsp3) is 0.312. The second kappa shape index (κ2) is 8.04. The van der Waals surface area contributed by atoms with E-state index in [0.29, 0.717) is 0 Å². The van der Waals surface area contributed by atoms with Crippen molar-refractivity contribution in [1.29, 1.82) is 0 Å². The minimum Gasteiger partial charge on any atom is -0.480 e. The Morgan fingerprint density at radius 3 is 2.60 bits per heavy atom. The van der Waals surface area contributed by atoms with Crippen LogP contribution in [0.2, 0.25) is 0 Å². The average molecular weight is 346 g/mol. The zero-order valence-electron chi connectivity index (χ0n) is 13.6. The molecule has 0 saturated heterocycles. The first kappa shape index (κ1) is 18.1. The number of aliphatic carboxylic acids is 1. The van der Waals surface area contributed by atoms with Crippen molar-refractivity contribution in [3.63, 3.8) is 0 Å². The predicted octanol–water partition coefficient (Wildman–Crippen LogP) is 1.34. The van der Waals surface area contributed by atoms with Gasteiger partial charge in [-0.25, -0.2) is 4.79 Å². The van der Waals surface area contributed by atoms with Crippen molar-refractivity contribution in [1.82, 2.24) is 14.7 Å². The average Bonchev–Trinajstić information content (AvgIpc) is 3.07. The number of hydrogen-bond donors (Lipinski definition) is 1. The van der Waals surface area contributed by atoms with Gasteiger partial charge in [0, 0.05) is 26.4 Å². The summed E-state index contributed by atoms with van der Waals surface area (Å²) in [4.78, 5) is 35.0. The van der Waals surface area contributed by atoms with Crippen LogP contribution in [-0.4, -0.2) is 49.7 Å². The molecular weight excluding hydrogens is 328 g/mol. The molecule has 0 spiro atoms. The number of carbonyl (C=O) groups is 2. The normalized spacial score (nSPS) is 11.7. The van der Waals surface area contributed by atoms with Crippen molar-refractivity contribution in [3.8, 4) is 0 Å². The van der Waals surface area contributed by atoms with Gasteiger partial charge in [0.25, 0.3) is 0 Å². The molecule has 9 nitrogen and oxygen atoms in total. The highest BCUT2D eigenvalue weighted by molar-refractivity contribution is 5.83. The van der Waals surface area contributed by atoms with Crippen molar-refractivity contribution in [2.24, 2.45) is 0 Å². The van der Waals surface area contributed by atoms with Crippen LogP contribution >= 0.6 is 0 Å². The summed E-state index contributed by atoms with van der Waals surface area (Å²) in [6, 6.07) is 8.06. The molecule has 1 aromatic carbocycles. The molecule has 1 aromatic heterocycles. The molecule has 1 atom stereocenters. The molecule has 0 aliphatic heterocycles. The van der Waals surface area contributed by atoms with Crippen molar-refractivity contribution in [2.75, 3.05) is 7.05 Å². The smallest absolute Gasteiger partial charge is 0.326 e. The van der Waals surface area contributed by atoms with Crippen molar-refractivity contribution < 1.29 is 19.6 Å². The van der Waals surface area contributed by atoms with E-state index in [1.807, 2.05) is 6.07 Å². The molecule has 1 N–H and O–H groups in total. The van der Waals surface area contributed by atoms with Gasteiger partial charge in [-0.1, -0.05) is 30.3 Å². The third kappa shape index (κ3) is 4.87. The summed E-state index contributed by atoms with van der Waals surface area (Å²) in [5.41, 5.74) is 0.658. The van der Waals surface area contributed by atoms with Crippen molar-refractivity contribution in [3.05, 3.63) is 58.4 Å². The molecule has 1 amide bonds. The van der Waals surface area contributed by atoms with E-state index in [2.05, 4.69) is 5.10 Å². The van der Waals surface area contributed by atoms with Gasteiger partial charge < -0.3 is 10.0 Å². The first-order valence-electron chi connectivity index (χ1n) is 7.57. The number of aryl methyl sites for hydroxylation is 1. The molecule has 25 heavy (non-hydrogen) atoms. The number of carbonyl (C=O) groups excluding carboxylic acids is 1. The molecule has 132 valence electrons. The van der Waals surface area contributed by atoms with Gasteiger partial charge in [0.1, 0.15) is 18.4 Å². The van der Waals surface area contributed by atoms with Crippen LogP contribution in [0.3, 0.4) is 0 Å². The lowest BCUT2D eigenvalue weighted by Crippen LogP contribution is -2.44. The first-order chi connectivity index (χ1) is 11.9. The van der Waals surface area contributed by atoms with E-state index in [9.17, 15) is 24.8 Å². The Morgan fingerprint density at radius 1 is 1.36 bits per heavy atom. The van der Waals surface area contributed by atoms with Crippen LogP contribution in [-0.2, 0) is 22.6 Å². The van der Waals surface area contributed by atoms with E-state index in [-0.39, 0.29) is 31.0 Å². The van der Waals surface area contributed by atoms with Gasteiger partial charge in [-0.05, 0) is 5.56 Å². The Kier molecular flexibility index (Phi) is 5.83. The van der Waals surface area contributed by atoms with Gasteiger partial charge in [-0.2, -0.15) is 5.10 Å². The first-order valence-corrected chi connectivity index (χ1v) is 7.57. The second-order valence-corrected chi connectivity index (χ2v) is 5.52. The molecule has 1 heterocycles. The maximum Gasteiger partial charge on any atom is 0.326 e. The SMILES string of the molecule is CN(C(=O)CCn1cc([N+](=O)[O-])cn1)C(Cc1ccccc1)C(=O)O. The Balaban J connectivity index is 1.97. The highest BCUT2D eigenvalue weighted by Crippen LogP contribution is 2.11. The summed E-state index contributed by atoms with van der Waals surface area (Å²) in [5.74, 6) is -1.46. The lowest BCUT2D eigenvalue weighted by atomic mass is 10.0. The fourth-order valence-corrected chi connectivity index (χ4v) is 2.36. The fourth-order valence-electron chi connectivity index (χ4n) is 2.36. The van der Waals surface area contributed by atoms with Crippen LogP contribution in [0, 0.1) is 10.1 Å². The lowest BCUT2D eigenvalue weighted by molar-refractivity contribution is -0.385. The number of hydrogen-bond acceptors (Lipinski definition) is 5. The number of aromatic nitrogens is 2. The van der Waals surface area contributed by atoms with Crippen molar-refractivity contribution in [2.45, 2.75) is 25.4 Å². The largest absolute Gasteiger partial charge is 0.480 e. The van der Waals surface area contributed by atoms with Crippen LogP contribution in [0.5, 0.6) is 0 Å². The third-order valence-corrected chi connectivity index (χ3v) is 3.80. The number of carboxylic acids is 1. The van der Waals surface area contributed by atoms with Gasteiger partial charge in [-0.15, -0.1) is 0 Å². The maximum absolute atomic E-state index is 12.3. The molecule has 0 aliphatic carbocycles. The standard InChI is InChI=1S/C16H18N4O5/c1-18(14(16(22)23)9-12-5-3-2-4-6-12)15(21)7-8-19-11-13(10-17-19)20(24)25/h2-6,10-11,14H,7-9H2,1H3,(H,22,23). The Labute approximate surface area is 143 Å². The number of likely N-dealkylation sites (N-methyl/N-ethyl adjacent to an activating group) is 1. The van der Waals surface area contributed by atoms with E-state index < -0.39 is 16.9 Å². The molecule has 1 unspecified atom stereocenters. The number of amides is 1. The monoisotopic (exact) mass is 346 g/mol. The number of rotatable bonds is 8. The minimum absolute atomic E-state index is 0.00605. The molecular formula is C16H18N4O5. The Hall–Kier alpha value is -3.23. The summed E-state index contributed by atoms with van der Waals surface area (Å²) in [5, 5.41) is 23.8. The zero-order valence-corrected chi connectivity index (χ0v) is 13.6. The summed E-state index contributed by atoms with van der Waals surface area (Å²) in [6.07, 6.45) is 2.52. The van der Waals surface area contributed by atoms with E-state index >= 15 is 0 Å². The Morgan fingerprint density at radius 2 is 2.04 bits per heavy atom. The molecule has 9 heteroatoms. The van der Waals surface area contributed by atoms with Crippen LogP contribution < -0.4 is 0 Å². The number of benzene rings is 1. The molecule has 0 bridgehead atoms. The third-order valence-electron chi connectivity index (χ3n) is 3.80. The number of nitro groups is 1. The summed E-state index contributed by atoms with van der Waals surface area (Å²) in [7, 11) is 1.44. The van der Waals surface area contributed by atoms with Gasteiger partial charge >= 0.3 is 11.7 Å². The molecule has 2 aromatic rings. The van der Waals surface area contributed by atoms with Crippen LogP contribution in [0.4, 0.5) is 5.69 Å². The quantitative estimate of drug-likeness (QED) is 0.569. The van der Waals surface area contributed by atoms with Gasteiger partial charge in [0.2, 0.25) is 5.91 Å². The van der Waals surface area contributed by atoms with E-state index in [1.54, 1.807) is 24.3 Å². The van der Waals surface area contributed by atoms with Crippen LogP contribution in [0.1, 0.15) is 12.0 Å². The van der Waals surface area contributed by atoms with Gasteiger partial charge in [-0.3, -0.25) is 19.6 Å². The summed E-state index contributed by atoms with van der Waals surface area (Å²) in [6.45, 7) is 0.134. The summed E-state index contributed by atoms with van der Waals surface area (Å²) < 4.78 is 1.29. The zero-order chi connectivity index (χ0) is 18.4. The molecule has 0 saturated carbocycles. The second-order valence-electron chi connectivity index (χ2n) is 5.52. The molecule has 0 aliphatic rings. The maximum atomic E-state index is 12.3. The molecule has 0 radical (unpaired) electrons. The number of nitrogens with zero attached hydrogens (tertiary/aromatic N) is 4. The topological polar surface area (TPSA) is 119 Å². The predicted molar refractivity (Wildman–Crippen MR) is 87.8 cm³/mol. The Bertz CT molecular complexity index is 759. The van der Waals surface area contributed by atoms with E-state index in [0.717, 1.165) is 11.8 Å². The van der Waals surface area contributed by atoms with E-state index in [4.69, 9.17) is 0 Å². The van der Waals surface area contributed by atoms with Gasteiger partial charge in [0.15, 0.2) is 0 Å². The van der Waals surface area contributed by atoms with E-state index in [1.165, 1.54) is 22.8 Å². The van der Waals surface area contributed by atoms with Crippen LogP contribution in [0.25, 0.3) is 0 Å². The molecule has 2 rings (SSSR count). The highest BCUT2D eigenvalue weighted by Gasteiger charge is 2.26. The van der Waals surface area contributed by atoms with Crippen LogP contribution in [0.15, 0.2) is 42.7 Å². The molecule has 0 fully saturated rings. The lowest BCUT2D eigenvalue weighted by Gasteiger charge is -2.25. The van der Waals surface area contributed by atoms with Crippen molar-refractivity contribution >= 4 is 17.6 Å². The van der Waals surface area contributed by atoms with Gasteiger partial charge in [0.05, 0.1) is 4.92 Å². The highest BCUT2D eigenvalue weighted by atomic mass is 16.6.